The first-order valence-electron chi connectivity index (χ1n) is 10.4. The first-order chi connectivity index (χ1) is 17.0. The highest BCUT2D eigenvalue weighted by atomic mass is 35.5. The summed E-state index contributed by atoms with van der Waals surface area (Å²) in [5, 5.41) is 6.78. The number of benzene rings is 3. The van der Waals surface area contributed by atoms with E-state index >= 15 is 0 Å². The molecule has 0 bridgehead atoms. The van der Waals surface area contributed by atoms with Gasteiger partial charge in [-0.05, 0) is 54.1 Å². The van der Waals surface area contributed by atoms with E-state index < -0.39 is 27.8 Å². The summed E-state index contributed by atoms with van der Waals surface area (Å²) in [7, 11) is -4.07. The van der Waals surface area contributed by atoms with Gasteiger partial charge in [-0.15, -0.1) is 0 Å². The van der Waals surface area contributed by atoms with Crippen molar-refractivity contribution in [2.45, 2.75) is 10.9 Å². The van der Waals surface area contributed by atoms with Crippen LogP contribution in [0.25, 0.3) is 6.08 Å². The largest absolute Gasteiger partial charge is 0.375 e. The van der Waals surface area contributed by atoms with Gasteiger partial charge in [0, 0.05) is 15.6 Å². The summed E-state index contributed by atoms with van der Waals surface area (Å²) >= 11 is 23.9. The van der Waals surface area contributed by atoms with Crippen LogP contribution in [0.3, 0.4) is 0 Å². The average molecular weight is 585 g/mol. The van der Waals surface area contributed by atoms with Crippen LogP contribution in [0.4, 0.5) is 11.4 Å². The Bertz CT molecular complexity index is 1510. The SMILES string of the molecule is O=C(CNc1ccc(Cl)cc1Cl)NC1C=Cc2ccc(S(=O)(=O)Nc3ccc(Cl)cc3Cl)cc2C1=O. The number of halogens is 4. The molecule has 0 saturated heterocycles. The second-order valence-electron chi connectivity index (χ2n) is 7.72. The second-order valence-corrected chi connectivity index (χ2v) is 11.1. The zero-order valence-electron chi connectivity index (χ0n) is 18.2. The van der Waals surface area contributed by atoms with Crippen molar-refractivity contribution in [2.75, 3.05) is 16.6 Å². The topological polar surface area (TPSA) is 104 Å². The predicted octanol–water partition coefficient (Wildman–Crippen LogP) is 5.91. The van der Waals surface area contributed by atoms with Gasteiger partial charge in [-0.25, -0.2) is 8.42 Å². The summed E-state index contributed by atoms with van der Waals surface area (Å²) in [4.78, 5) is 25.4. The quantitative estimate of drug-likeness (QED) is 0.320. The van der Waals surface area contributed by atoms with E-state index in [2.05, 4.69) is 15.4 Å². The van der Waals surface area contributed by atoms with Gasteiger partial charge in [0.15, 0.2) is 5.78 Å². The van der Waals surface area contributed by atoms with Crippen molar-refractivity contribution in [3.63, 3.8) is 0 Å². The maximum Gasteiger partial charge on any atom is 0.261 e. The van der Waals surface area contributed by atoms with E-state index in [1.54, 1.807) is 18.2 Å². The van der Waals surface area contributed by atoms with Crippen LogP contribution in [0.2, 0.25) is 20.1 Å². The molecule has 0 aromatic heterocycles. The molecular weight excluding hydrogens is 568 g/mol. The van der Waals surface area contributed by atoms with Crippen LogP contribution in [0.5, 0.6) is 0 Å². The van der Waals surface area contributed by atoms with Crippen LogP contribution in [-0.2, 0) is 14.8 Å². The molecule has 1 unspecified atom stereocenters. The number of carbonyl (C=O) groups excluding carboxylic acids is 2. The second kappa shape index (κ2) is 10.7. The fourth-order valence-electron chi connectivity index (χ4n) is 3.44. The van der Waals surface area contributed by atoms with Crippen molar-refractivity contribution >= 4 is 85.6 Å². The maximum absolute atomic E-state index is 13.1. The van der Waals surface area contributed by atoms with E-state index in [0.717, 1.165) is 0 Å². The molecule has 7 nitrogen and oxygen atoms in total. The lowest BCUT2D eigenvalue weighted by atomic mass is 9.93. The number of sulfonamides is 1. The number of rotatable bonds is 7. The molecule has 12 heteroatoms. The van der Waals surface area contributed by atoms with E-state index in [9.17, 15) is 18.0 Å². The number of Topliss-reactive ketones (excluding diaryl/α,β-unsaturated/α-hetero) is 1. The number of hydrogen-bond acceptors (Lipinski definition) is 5. The smallest absolute Gasteiger partial charge is 0.261 e. The Labute approximate surface area is 227 Å². The van der Waals surface area contributed by atoms with Gasteiger partial charge < -0.3 is 10.6 Å². The van der Waals surface area contributed by atoms with Crippen molar-refractivity contribution in [1.29, 1.82) is 0 Å². The first-order valence-corrected chi connectivity index (χ1v) is 13.4. The molecule has 4 rings (SSSR count). The van der Waals surface area contributed by atoms with E-state index in [0.29, 0.717) is 26.3 Å². The molecule has 0 radical (unpaired) electrons. The highest BCUT2D eigenvalue weighted by molar-refractivity contribution is 7.92. The Morgan fingerprint density at radius 3 is 2.14 bits per heavy atom. The molecule has 36 heavy (non-hydrogen) atoms. The lowest BCUT2D eigenvalue weighted by Gasteiger charge is -2.20. The number of nitrogens with one attached hydrogen (secondary N) is 3. The Morgan fingerprint density at radius 2 is 1.50 bits per heavy atom. The van der Waals surface area contributed by atoms with Gasteiger partial charge in [-0.3, -0.25) is 14.3 Å². The predicted molar refractivity (Wildman–Crippen MR) is 144 cm³/mol. The number of hydrogen-bond donors (Lipinski definition) is 3. The number of carbonyl (C=O) groups is 2. The molecular formula is C24H17Cl4N3O4S. The minimum absolute atomic E-state index is 0.124. The third-order valence-corrected chi connectivity index (χ3v) is 7.67. The normalized spacial score (nSPS) is 14.8. The third kappa shape index (κ3) is 5.96. The molecule has 186 valence electrons. The molecule has 0 heterocycles. The molecule has 0 spiro atoms. The van der Waals surface area contributed by atoms with Gasteiger partial charge in [-0.1, -0.05) is 64.6 Å². The Balaban J connectivity index is 1.47. The van der Waals surface area contributed by atoms with Gasteiger partial charge in [-0.2, -0.15) is 0 Å². The molecule has 0 saturated carbocycles. The molecule has 0 fully saturated rings. The van der Waals surface area contributed by atoms with Crippen molar-refractivity contribution in [3.05, 3.63) is 91.9 Å². The van der Waals surface area contributed by atoms with Gasteiger partial charge in [0.1, 0.15) is 6.04 Å². The molecule has 3 aromatic rings. The molecule has 1 aliphatic rings. The molecule has 1 atom stereocenters. The van der Waals surface area contributed by atoms with Crippen LogP contribution >= 0.6 is 46.4 Å². The molecule has 3 aromatic carbocycles. The molecule has 1 amide bonds. The minimum atomic E-state index is -4.07. The van der Waals surface area contributed by atoms with E-state index in [1.165, 1.54) is 48.5 Å². The van der Waals surface area contributed by atoms with E-state index in [1.807, 2.05) is 0 Å². The lowest BCUT2D eigenvalue weighted by molar-refractivity contribution is -0.119. The van der Waals surface area contributed by atoms with Crippen LogP contribution < -0.4 is 15.4 Å². The van der Waals surface area contributed by atoms with Crippen LogP contribution in [0.15, 0.2) is 65.6 Å². The highest BCUT2D eigenvalue weighted by Gasteiger charge is 2.27. The van der Waals surface area contributed by atoms with Crippen LogP contribution in [-0.4, -0.2) is 32.7 Å². The molecule has 0 aliphatic heterocycles. The number of amides is 1. The third-order valence-electron chi connectivity index (χ3n) is 5.21. The summed E-state index contributed by atoms with van der Waals surface area (Å²) in [6, 6.07) is 12.3. The number of ketones is 1. The Hall–Kier alpha value is -2.75. The van der Waals surface area contributed by atoms with Gasteiger partial charge >= 0.3 is 0 Å². The van der Waals surface area contributed by atoms with Crippen molar-refractivity contribution < 1.29 is 18.0 Å². The van der Waals surface area contributed by atoms with Gasteiger partial charge in [0.2, 0.25) is 5.91 Å². The zero-order valence-corrected chi connectivity index (χ0v) is 22.0. The van der Waals surface area contributed by atoms with Crippen LogP contribution in [0, 0.1) is 0 Å². The lowest BCUT2D eigenvalue weighted by Crippen LogP contribution is -2.43. The van der Waals surface area contributed by atoms with Crippen molar-refractivity contribution in [3.8, 4) is 0 Å². The summed E-state index contributed by atoms with van der Waals surface area (Å²) in [5.74, 6) is -0.915. The Kier molecular flexibility index (Phi) is 7.82. The molecule has 1 aliphatic carbocycles. The highest BCUT2D eigenvalue weighted by Crippen LogP contribution is 2.29. The summed E-state index contributed by atoms with van der Waals surface area (Å²) in [6.07, 6.45) is 3.18. The number of fused-ring (bicyclic) bond motifs is 1. The van der Waals surface area contributed by atoms with E-state index in [-0.39, 0.29) is 27.7 Å². The standard InChI is InChI=1S/C24H17Cl4N3O4S/c25-14-3-7-20(18(27)9-14)29-12-23(32)30-22-6-2-13-1-5-16(11-17(13)24(22)33)36(34,35)31-21-8-4-15(26)10-19(21)28/h1-11,22,29,31H,12H2,(H,30,32). The first kappa shape index (κ1) is 26.3. The monoisotopic (exact) mass is 583 g/mol. The molecule has 3 N–H and O–H groups in total. The maximum atomic E-state index is 13.1. The van der Waals surface area contributed by atoms with Gasteiger partial charge in [0.25, 0.3) is 10.0 Å². The van der Waals surface area contributed by atoms with E-state index in [4.69, 9.17) is 46.4 Å². The average Bonchev–Trinajstić information content (AvgIpc) is 2.82. The zero-order chi connectivity index (χ0) is 26.0. The fourth-order valence-corrected chi connectivity index (χ4v) is 5.53. The fraction of sp³-hybridized carbons (Fsp3) is 0.0833. The summed E-state index contributed by atoms with van der Waals surface area (Å²) < 4.78 is 28.3. The number of anilines is 2. The summed E-state index contributed by atoms with van der Waals surface area (Å²) in [6.45, 7) is -0.147. The van der Waals surface area contributed by atoms with Crippen molar-refractivity contribution in [1.82, 2.24) is 5.32 Å². The van der Waals surface area contributed by atoms with Crippen LogP contribution in [0.1, 0.15) is 15.9 Å². The minimum Gasteiger partial charge on any atom is -0.375 e. The van der Waals surface area contributed by atoms with Gasteiger partial charge in [0.05, 0.1) is 32.9 Å². The summed E-state index contributed by atoms with van der Waals surface area (Å²) in [5.41, 5.74) is 1.33. The Morgan fingerprint density at radius 1 is 0.861 bits per heavy atom. The van der Waals surface area contributed by atoms with Crippen molar-refractivity contribution in [2.24, 2.45) is 0 Å².